The largest absolute Gasteiger partial charge is 0.459 e. The van der Waals surface area contributed by atoms with Crippen molar-refractivity contribution < 1.29 is 24.2 Å². The van der Waals surface area contributed by atoms with Gasteiger partial charge in [0.1, 0.15) is 6.10 Å². The molecular weight excluding hydrogens is 322 g/mol. The molecule has 1 aliphatic rings. The second kappa shape index (κ2) is 6.59. The summed E-state index contributed by atoms with van der Waals surface area (Å²) in [5, 5.41) is 10.2. The Bertz CT molecular complexity index is 924. The lowest BCUT2D eigenvalue weighted by atomic mass is 9.99. The standard InChI is InChI=1S/C19H13NO5/c1-25-16(22)11-10-15(21)13-8-5-9-14-17(13)19(24)20(18(14)23)12-6-3-2-4-7-12/h2-9,15,21H,1H3. The highest BCUT2D eigenvalue weighted by atomic mass is 16.5. The lowest BCUT2D eigenvalue weighted by molar-refractivity contribution is -0.133. The number of hydrogen-bond acceptors (Lipinski definition) is 5. The van der Waals surface area contributed by atoms with Gasteiger partial charge in [-0.3, -0.25) is 9.59 Å². The van der Waals surface area contributed by atoms with Gasteiger partial charge in [-0.05, 0) is 18.2 Å². The second-order valence-electron chi connectivity index (χ2n) is 5.21. The normalized spacial score (nSPS) is 13.8. The number of fused-ring (bicyclic) bond motifs is 1. The minimum atomic E-state index is -1.40. The molecule has 6 heteroatoms. The maximum absolute atomic E-state index is 12.8. The fourth-order valence-corrected chi connectivity index (χ4v) is 2.61. The lowest BCUT2D eigenvalue weighted by Gasteiger charge is -2.13. The van der Waals surface area contributed by atoms with Gasteiger partial charge in [0.2, 0.25) is 0 Å². The van der Waals surface area contributed by atoms with Gasteiger partial charge in [-0.15, -0.1) is 0 Å². The molecule has 0 saturated heterocycles. The van der Waals surface area contributed by atoms with Crippen LogP contribution >= 0.6 is 0 Å². The van der Waals surface area contributed by atoms with Crippen LogP contribution in [0.2, 0.25) is 0 Å². The zero-order valence-electron chi connectivity index (χ0n) is 13.2. The Labute approximate surface area is 143 Å². The molecule has 25 heavy (non-hydrogen) atoms. The number of rotatable bonds is 2. The summed E-state index contributed by atoms with van der Waals surface area (Å²) >= 11 is 0. The average Bonchev–Trinajstić information content (AvgIpc) is 2.91. The topological polar surface area (TPSA) is 83.9 Å². The van der Waals surface area contributed by atoms with Gasteiger partial charge in [-0.1, -0.05) is 36.3 Å². The van der Waals surface area contributed by atoms with Crippen molar-refractivity contribution >= 4 is 23.5 Å². The molecule has 2 aromatic rings. The van der Waals surface area contributed by atoms with Crippen molar-refractivity contribution in [1.82, 2.24) is 0 Å². The fraction of sp³-hybridized carbons (Fsp3) is 0.105. The summed E-state index contributed by atoms with van der Waals surface area (Å²) in [5.41, 5.74) is 0.883. The predicted octanol–water partition coefficient (Wildman–Crippen LogP) is 1.70. The van der Waals surface area contributed by atoms with E-state index in [-0.39, 0.29) is 16.7 Å². The van der Waals surface area contributed by atoms with E-state index in [1.54, 1.807) is 36.4 Å². The first-order valence-electron chi connectivity index (χ1n) is 7.39. The number of carbonyl (C=O) groups excluding carboxylic acids is 3. The van der Waals surface area contributed by atoms with E-state index in [1.165, 1.54) is 19.2 Å². The molecule has 0 bridgehead atoms. The Balaban J connectivity index is 2.04. The van der Waals surface area contributed by atoms with Gasteiger partial charge >= 0.3 is 5.97 Å². The number of anilines is 1. The van der Waals surface area contributed by atoms with E-state index in [4.69, 9.17) is 0 Å². The van der Waals surface area contributed by atoms with Crippen LogP contribution in [0.4, 0.5) is 5.69 Å². The minimum Gasteiger partial charge on any atom is -0.459 e. The number of para-hydroxylation sites is 1. The zero-order chi connectivity index (χ0) is 18.0. The highest BCUT2D eigenvalue weighted by Gasteiger charge is 2.39. The highest BCUT2D eigenvalue weighted by Crippen LogP contribution is 2.32. The number of esters is 1. The quantitative estimate of drug-likeness (QED) is 0.391. The van der Waals surface area contributed by atoms with Gasteiger partial charge in [-0.25, -0.2) is 9.69 Å². The third-order valence-corrected chi connectivity index (χ3v) is 3.75. The Hall–Kier alpha value is -3.43. The number of aliphatic hydroxyl groups is 1. The number of carbonyl (C=O) groups is 3. The third-order valence-electron chi connectivity index (χ3n) is 3.75. The first-order chi connectivity index (χ1) is 12.0. The summed E-state index contributed by atoms with van der Waals surface area (Å²) in [6, 6.07) is 13.1. The highest BCUT2D eigenvalue weighted by molar-refractivity contribution is 6.35. The molecule has 0 fully saturated rings. The minimum absolute atomic E-state index is 0.0861. The monoisotopic (exact) mass is 335 g/mol. The SMILES string of the molecule is COC(=O)C#CC(O)c1cccc2c1C(=O)N(c1ccccc1)C2=O. The van der Waals surface area contributed by atoms with Crippen molar-refractivity contribution in [2.75, 3.05) is 12.0 Å². The van der Waals surface area contributed by atoms with E-state index in [0.29, 0.717) is 5.69 Å². The number of aliphatic hydroxyl groups excluding tert-OH is 1. The van der Waals surface area contributed by atoms with Gasteiger partial charge in [-0.2, -0.15) is 0 Å². The summed E-state index contributed by atoms with van der Waals surface area (Å²) in [6.07, 6.45) is -1.40. The fourth-order valence-electron chi connectivity index (χ4n) is 2.61. The van der Waals surface area contributed by atoms with Crippen molar-refractivity contribution in [1.29, 1.82) is 0 Å². The summed E-state index contributed by atoms with van der Waals surface area (Å²) in [6.45, 7) is 0. The van der Waals surface area contributed by atoms with E-state index in [9.17, 15) is 19.5 Å². The molecule has 6 nitrogen and oxygen atoms in total. The molecule has 0 radical (unpaired) electrons. The molecule has 1 aliphatic heterocycles. The Morgan fingerprint density at radius 2 is 1.80 bits per heavy atom. The number of hydrogen-bond donors (Lipinski definition) is 1. The van der Waals surface area contributed by atoms with Gasteiger partial charge in [0, 0.05) is 11.5 Å². The van der Waals surface area contributed by atoms with Crippen molar-refractivity contribution in [2.45, 2.75) is 6.10 Å². The van der Waals surface area contributed by atoms with Crippen LogP contribution in [0.15, 0.2) is 48.5 Å². The first kappa shape index (κ1) is 16.4. The predicted molar refractivity (Wildman–Crippen MR) is 88.8 cm³/mol. The van der Waals surface area contributed by atoms with Crippen LogP contribution in [0.25, 0.3) is 0 Å². The number of ether oxygens (including phenoxy) is 1. The van der Waals surface area contributed by atoms with Crippen LogP contribution in [0.5, 0.6) is 0 Å². The molecule has 1 N–H and O–H groups in total. The molecule has 0 spiro atoms. The molecule has 1 heterocycles. The number of imide groups is 1. The molecule has 124 valence electrons. The smallest absolute Gasteiger partial charge is 0.384 e. The van der Waals surface area contributed by atoms with Crippen LogP contribution in [-0.4, -0.2) is 30.0 Å². The number of amides is 2. The van der Waals surface area contributed by atoms with Crippen LogP contribution < -0.4 is 4.90 Å². The van der Waals surface area contributed by atoms with Crippen LogP contribution in [0, 0.1) is 11.8 Å². The maximum Gasteiger partial charge on any atom is 0.384 e. The van der Waals surface area contributed by atoms with Crippen molar-refractivity contribution in [2.24, 2.45) is 0 Å². The molecule has 0 saturated carbocycles. The molecule has 1 atom stereocenters. The number of nitrogens with zero attached hydrogens (tertiary/aromatic N) is 1. The molecular formula is C19H13NO5. The molecule has 0 aromatic heterocycles. The van der Waals surface area contributed by atoms with E-state index in [0.717, 1.165) is 4.90 Å². The summed E-state index contributed by atoms with van der Waals surface area (Å²) < 4.78 is 4.39. The Morgan fingerprint density at radius 1 is 1.08 bits per heavy atom. The third kappa shape index (κ3) is 2.89. The Kier molecular flexibility index (Phi) is 4.33. The second-order valence-corrected chi connectivity index (χ2v) is 5.21. The number of methoxy groups -OCH3 is 1. The van der Waals surface area contributed by atoms with Crippen molar-refractivity contribution in [3.8, 4) is 11.8 Å². The molecule has 1 unspecified atom stereocenters. The Morgan fingerprint density at radius 3 is 2.48 bits per heavy atom. The zero-order valence-corrected chi connectivity index (χ0v) is 13.2. The molecule has 2 aromatic carbocycles. The summed E-state index contributed by atoms with van der Waals surface area (Å²) in [5.74, 6) is 2.62. The first-order valence-corrected chi connectivity index (χ1v) is 7.39. The average molecular weight is 335 g/mol. The van der Waals surface area contributed by atoms with E-state index >= 15 is 0 Å². The van der Waals surface area contributed by atoms with Gasteiger partial charge in [0.15, 0.2) is 0 Å². The van der Waals surface area contributed by atoms with Gasteiger partial charge in [0.05, 0.1) is 23.9 Å². The van der Waals surface area contributed by atoms with Crippen molar-refractivity contribution in [3.05, 3.63) is 65.2 Å². The maximum atomic E-state index is 12.8. The van der Waals surface area contributed by atoms with Crippen molar-refractivity contribution in [3.63, 3.8) is 0 Å². The van der Waals surface area contributed by atoms with Crippen LogP contribution in [-0.2, 0) is 9.53 Å². The lowest BCUT2D eigenvalue weighted by Crippen LogP contribution is -2.29. The van der Waals surface area contributed by atoms with Gasteiger partial charge < -0.3 is 9.84 Å². The van der Waals surface area contributed by atoms with E-state index in [2.05, 4.69) is 16.6 Å². The molecule has 3 rings (SSSR count). The summed E-state index contributed by atoms with van der Waals surface area (Å²) in [7, 11) is 1.17. The molecule has 0 aliphatic carbocycles. The van der Waals surface area contributed by atoms with Crippen LogP contribution in [0.3, 0.4) is 0 Å². The molecule has 2 amide bonds. The number of benzene rings is 2. The summed E-state index contributed by atoms with van der Waals surface area (Å²) in [4.78, 5) is 37.5. The van der Waals surface area contributed by atoms with E-state index in [1.807, 2.05) is 0 Å². The van der Waals surface area contributed by atoms with Crippen LogP contribution in [0.1, 0.15) is 32.4 Å². The van der Waals surface area contributed by atoms with E-state index < -0.39 is 23.9 Å². The van der Waals surface area contributed by atoms with Gasteiger partial charge in [0.25, 0.3) is 11.8 Å².